The van der Waals surface area contributed by atoms with E-state index < -0.39 is 0 Å². The Morgan fingerprint density at radius 2 is 2.25 bits per heavy atom. The minimum atomic E-state index is -0.237. The second kappa shape index (κ2) is 8.27. The molecule has 10 nitrogen and oxygen atoms in total. The van der Waals surface area contributed by atoms with Crippen LogP contribution in [-0.2, 0) is 6.42 Å². The lowest BCUT2D eigenvalue weighted by Gasteiger charge is -2.34. The van der Waals surface area contributed by atoms with Gasteiger partial charge in [-0.15, -0.1) is 0 Å². The van der Waals surface area contributed by atoms with Crippen molar-refractivity contribution < 1.29 is 9.53 Å². The normalized spacial score (nSPS) is 18.2. The first-order chi connectivity index (χ1) is 15.5. The number of pyridine rings is 2. The van der Waals surface area contributed by atoms with Gasteiger partial charge in [-0.1, -0.05) is 0 Å². The summed E-state index contributed by atoms with van der Waals surface area (Å²) in [5.74, 6) is 1.95. The van der Waals surface area contributed by atoms with Gasteiger partial charge in [0.15, 0.2) is 5.65 Å². The number of carbonyl (C=O) groups is 1. The average Bonchev–Trinajstić information content (AvgIpc) is 3.36. The second-order valence-corrected chi connectivity index (χ2v) is 8.21. The first-order valence-electron chi connectivity index (χ1n) is 11.1. The van der Waals surface area contributed by atoms with E-state index in [-0.39, 0.29) is 6.03 Å². The zero-order valence-electron chi connectivity index (χ0n) is 18.6. The van der Waals surface area contributed by atoms with Gasteiger partial charge in [0.05, 0.1) is 12.8 Å². The molecule has 2 N–H and O–H groups in total. The van der Waals surface area contributed by atoms with E-state index >= 15 is 0 Å². The van der Waals surface area contributed by atoms with Crippen molar-refractivity contribution >= 4 is 28.9 Å². The number of amides is 2. The van der Waals surface area contributed by atoms with Gasteiger partial charge >= 0.3 is 6.03 Å². The maximum absolute atomic E-state index is 13.3. The molecule has 0 aliphatic carbocycles. The van der Waals surface area contributed by atoms with E-state index in [4.69, 9.17) is 4.74 Å². The molecule has 5 rings (SSSR count). The minimum Gasteiger partial charge on any atom is -0.491 e. The van der Waals surface area contributed by atoms with E-state index in [0.29, 0.717) is 42.1 Å². The molecule has 168 valence electrons. The molecule has 2 aliphatic heterocycles. The van der Waals surface area contributed by atoms with Crippen LogP contribution in [0.25, 0.3) is 5.65 Å². The number of rotatable bonds is 4. The maximum Gasteiger partial charge on any atom is 0.327 e. The number of fused-ring (bicyclic) bond motifs is 2. The fourth-order valence-electron chi connectivity index (χ4n) is 4.49. The van der Waals surface area contributed by atoms with Gasteiger partial charge in [0.25, 0.3) is 0 Å². The monoisotopic (exact) mass is 436 g/mol. The Morgan fingerprint density at radius 1 is 1.38 bits per heavy atom. The molecule has 32 heavy (non-hydrogen) atoms. The summed E-state index contributed by atoms with van der Waals surface area (Å²) in [7, 11) is 0. The Labute approximate surface area is 186 Å². The van der Waals surface area contributed by atoms with E-state index in [1.54, 1.807) is 27.9 Å². The lowest BCUT2D eigenvalue weighted by molar-refractivity contribution is 0.257. The lowest BCUT2D eigenvalue weighted by atomic mass is 10.1. The maximum atomic E-state index is 13.3. The van der Waals surface area contributed by atoms with Gasteiger partial charge in [0.2, 0.25) is 0 Å². The molecule has 3 aromatic heterocycles. The molecule has 0 aromatic carbocycles. The standard InChI is InChI=1S/C22H28N8O2/c1-4-32-19-11-20-25-15(3)27-30(20)13-17(19)26-22(31)29-9-6-16-18(5-7-24-21(16)29)28-10-8-23-14(2)12-28/h5,7,11,13-14,23H,4,6,8-10,12H2,1-3H3,(H,26,31)/t14-/m0/s1. The van der Waals surface area contributed by atoms with E-state index in [1.807, 2.05) is 13.8 Å². The highest BCUT2D eigenvalue weighted by molar-refractivity contribution is 6.03. The van der Waals surface area contributed by atoms with Crippen molar-refractivity contribution in [3.8, 4) is 5.75 Å². The van der Waals surface area contributed by atoms with Gasteiger partial charge < -0.3 is 20.3 Å². The summed E-state index contributed by atoms with van der Waals surface area (Å²) in [5.41, 5.74) is 3.53. The van der Waals surface area contributed by atoms with E-state index in [1.165, 1.54) is 5.69 Å². The molecule has 2 amide bonds. The molecule has 0 unspecified atom stereocenters. The van der Waals surface area contributed by atoms with Crippen LogP contribution in [-0.4, -0.2) is 64.4 Å². The molecule has 0 bridgehead atoms. The van der Waals surface area contributed by atoms with Crippen LogP contribution in [0.4, 0.5) is 22.0 Å². The number of aromatic nitrogens is 4. The molecule has 1 saturated heterocycles. The van der Waals surface area contributed by atoms with E-state index in [0.717, 1.165) is 37.4 Å². The second-order valence-electron chi connectivity index (χ2n) is 8.21. The molecule has 10 heteroatoms. The van der Waals surface area contributed by atoms with Gasteiger partial charge in [-0.3, -0.25) is 4.90 Å². The van der Waals surface area contributed by atoms with Crippen molar-refractivity contribution in [1.29, 1.82) is 0 Å². The summed E-state index contributed by atoms with van der Waals surface area (Å²) in [6, 6.07) is 4.05. The third-order valence-electron chi connectivity index (χ3n) is 5.89. The number of ether oxygens (including phenoxy) is 1. The predicted octanol–water partition coefficient (Wildman–Crippen LogP) is 2.22. The fourth-order valence-corrected chi connectivity index (χ4v) is 4.49. The van der Waals surface area contributed by atoms with Crippen LogP contribution in [0.15, 0.2) is 24.5 Å². The van der Waals surface area contributed by atoms with Crippen LogP contribution in [0.3, 0.4) is 0 Å². The first-order valence-corrected chi connectivity index (χ1v) is 11.1. The van der Waals surface area contributed by atoms with Gasteiger partial charge in [-0.05, 0) is 33.3 Å². The highest BCUT2D eigenvalue weighted by Crippen LogP contribution is 2.35. The van der Waals surface area contributed by atoms with Crippen molar-refractivity contribution in [2.45, 2.75) is 33.2 Å². The highest BCUT2D eigenvalue weighted by atomic mass is 16.5. The summed E-state index contributed by atoms with van der Waals surface area (Å²) in [6.07, 6.45) is 4.31. The van der Waals surface area contributed by atoms with Crippen molar-refractivity contribution in [3.63, 3.8) is 0 Å². The summed E-state index contributed by atoms with van der Waals surface area (Å²) in [6.45, 7) is 9.83. The summed E-state index contributed by atoms with van der Waals surface area (Å²) in [4.78, 5) is 26.3. The zero-order chi connectivity index (χ0) is 22.2. The van der Waals surface area contributed by atoms with Crippen LogP contribution >= 0.6 is 0 Å². The van der Waals surface area contributed by atoms with Crippen LogP contribution in [0.1, 0.15) is 25.2 Å². The molecule has 2 aliphatic rings. The van der Waals surface area contributed by atoms with E-state index in [9.17, 15) is 4.79 Å². The summed E-state index contributed by atoms with van der Waals surface area (Å²) < 4.78 is 7.40. The number of hydrogen-bond donors (Lipinski definition) is 2. The number of anilines is 3. The molecule has 3 aromatic rings. The summed E-state index contributed by atoms with van der Waals surface area (Å²) >= 11 is 0. The molecule has 1 atom stereocenters. The van der Waals surface area contributed by atoms with Gasteiger partial charge in [0.1, 0.15) is 23.1 Å². The number of nitrogens with zero attached hydrogens (tertiary/aromatic N) is 6. The Morgan fingerprint density at radius 3 is 3.06 bits per heavy atom. The SMILES string of the molecule is CCOc1cc2nc(C)nn2cc1NC(=O)N1CCc2c(N3CCN[C@@H](C)C3)ccnc21. The molecular formula is C22H28N8O2. The Hall–Kier alpha value is -3.40. The largest absolute Gasteiger partial charge is 0.491 e. The van der Waals surface area contributed by atoms with Gasteiger partial charge in [-0.2, -0.15) is 5.10 Å². The Balaban J connectivity index is 1.41. The van der Waals surface area contributed by atoms with Crippen molar-refractivity contribution in [1.82, 2.24) is 24.9 Å². The van der Waals surface area contributed by atoms with Crippen LogP contribution < -0.4 is 25.2 Å². The van der Waals surface area contributed by atoms with Crippen LogP contribution in [0, 0.1) is 6.92 Å². The van der Waals surface area contributed by atoms with Crippen LogP contribution in [0.5, 0.6) is 5.75 Å². The molecule has 0 saturated carbocycles. The smallest absolute Gasteiger partial charge is 0.327 e. The van der Waals surface area contributed by atoms with Gasteiger partial charge in [0, 0.05) is 55.7 Å². The Bertz CT molecular complexity index is 1160. The number of hydrogen-bond acceptors (Lipinski definition) is 7. The highest BCUT2D eigenvalue weighted by Gasteiger charge is 2.31. The molecule has 0 spiro atoms. The predicted molar refractivity (Wildman–Crippen MR) is 123 cm³/mol. The number of aryl methyl sites for hydroxylation is 1. The molecular weight excluding hydrogens is 408 g/mol. The topological polar surface area (TPSA) is 99.9 Å². The van der Waals surface area contributed by atoms with Crippen molar-refractivity contribution in [2.75, 3.05) is 47.9 Å². The minimum absolute atomic E-state index is 0.237. The number of urea groups is 1. The Kier molecular flexibility index (Phi) is 5.30. The number of piperazine rings is 1. The quantitative estimate of drug-likeness (QED) is 0.647. The van der Waals surface area contributed by atoms with Gasteiger partial charge in [-0.25, -0.2) is 19.3 Å². The molecule has 1 fully saturated rings. The van der Waals surface area contributed by atoms with E-state index in [2.05, 4.69) is 43.6 Å². The number of nitrogens with one attached hydrogen (secondary N) is 2. The zero-order valence-corrected chi connectivity index (χ0v) is 18.6. The van der Waals surface area contributed by atoms with Crippen molar-refractivity contribution in [2.24, 2.45) is 0 Å². The van der Waals surface area contributed by atoms with Crippen LogP contribution in [0.2, 0.25) is 0 Å². The first kappa shape index (κ1) is 20.5. The molecule has 5 heterocycles. The lowest BCUT2D eigenvalue weighted by Crippen LogP contribution is -2.49. The molecule has 0 radical (unpaired) electrons. The fraction of sp³-hybridized carbons (Fsp3) is 0.455. The third-order valence-corrected chi connectivity index (χ3v) is 5.89. The summed E-state index contributed by atoms with van der Waals surface area (Å²) in [5, 5.41) is 10.8. The average molecular weight is 437 g/mol. The van der Waals surface area contributed by atoms with Crippen molar-refractivity contribution in [3.05, 3.63) is 35.9 Å². The third kappa shape index (κ3) is 3.70. The number of carbonyl (C=O) groups excluding carboxylic acids is 1.